The first kappa shape index (κ1) is 11.3. The van der Waals surface area contributed by atoms with E-state index < -0.39 is 11.9 Å². The van der Waals surface area contributed by atoms with Crippen LogP contribution in [0.1, 0.15) is 5.69 Å². The highest BCUT2D eigenvalue weighted by Crippen LogP contribution is 2.28. The number of nitrogen functional groups attached to an aromatic ring is 1. The number of rotatable bonds is 1. The van der Waals surface area contributed by atoms with Gasteiger partial charge in [-0.05, 0) is 12.1 Å². The van der Waals surface area contributed by atoms with Crippen LogP contribution in [-0.4, -0.2) is 15.0 Å². The summed E-state index contributed by atoms with van der Waals surface area (Å²) in [6, 6.07) is 3.02. The minimum Gasteiger partial charge on any atom is -0.384 e. The first-order valence-electron chi connectivity index (χ1n) is 4.58. The Morgan fingerprint density at radius 3 is 2.41 bits per heavy atom. The van der Waals surface area contributed by atoms with Crippen LogP contribution in [0.4, 0.5) is 19.0 Å². The fraction of sp³-hybridized carbons (Fsp3) is 0.100. The lowest BCUT2D eigenvalue weighted by Gasteiger charge is -2.06. The molecule has 2 rings (SSSR count). The van der Waals surface area contributed by atoms with Gasteiger partial charge in [-0.15, -0.1) is 0 Å². The summed E-state index contributed by atoms with van der Waals surface area (Å²) in [6.07, 6.45) is -1.25. The number of nitrogens with two attached hydrogens (primary N) is 1. The minimum atomic E-state index is -4.51. The van der Waals surface area contributed by atoms with Gasteiger partial charge in [0, 0.05) is 11.8 Å². The molecular formula is C10H7F3N4. The molecule has 17 heavy (non-hydrogen) atoms. The Morgan fingerprint density at radius 1 is 1.06 bits per heavy atom. The first-order chi connectivity index (χ1) is 7.97. The molecule has 0 aliphatic rings. The van der Waals surface area contributed by atoms with E-state index in [1.54, 1.807) is 0 Å². The number of halogens is 3. The zero-order valence-corrected chi connectivity index (χ0v) is 8.44. The van der Waals surface area contributed by atoms with Crippen LogP contribution < -0.4 is 5.73 Å². The van der Waals surface area contributed by atoms with Crippen molar-refractivity contribution in [2.75, 3.05) is 5.73 Å². The van der Waals surface area contributed by atoms with Crippen LogP contribution in [0.2, 0.25) is 0 Å². The summed E-state index contributed by atoms with van der Waals surface area (Å²) in [7, 11) is 0. The van der Waals surface area contributed by atoms with E-state index >= 15 is 0 Å². The Balaban J connectivity index is 2.43. The van der Waals surface area contributed by atoms with Gasteiger partial charge in [0.1, 0.15) is 5.82 Å². The highest BCUT2D eigenvalue weighted by atomic mass is 19.4. The molecule has 0 unspecified atom stereocenters. The molecule has 2 aromatic heterocycles. The van der Waals surface area contributed by atoms with Crippen molar-refractivity contribution >= 4 is 5.82 Å². The highest BCUT2D eigenvalue weighted by molar-refractivity contribution is 5.58. The number of aromatic nitrogens is 3. The molecule has 0 radical (unpaired) electrons. The van der Waals surface area contributed by atoms with Gasteiger partial charge >= 0.3 is 6.18 Å². The van der Waals surface area contributed by atoms with E-state index in [9.17, 15) is 13.2 Å². The quantitative estimate of drug-likeness (QED) is 0.829. The molecule has 4 nitrogen and oxygen atoms in total. The molecule has 0 atom stereocenters. The Morgan fingerprint density at radius 2 is 1.82 bits per heavy atom. The van der Waals surface area contributed by atoms with Gasteiger partial charge in [0.2, 0.25) is 0 Å². The zero-order chi connectivity index (χ0) is 12.5. The van der Waals surface area contributed by atoms with Crippen LogP contribution in [0.25, 0.3) is 11.3 Å². The Hall–Kier alpha value is -2.18. The average molecular weight is 240 g/mol. The molecule has 0 saturated heterocycles. The van der Waals surface area contributed by atoms with E-state index in [-0.39, 0.29) is 11.5 Å². The third-order valence-electron chi connectivity index (χ3n) is 2.01. The van der Waals surface area contributed by atoms with Crippen molar-refractivity contribution in [2.24, 2.45) is 0 Å². The second-order valence-electron chi connectivity index (χ2n) is 3.26. The topological polar surface area (TPSA) is 64.7 Å². The smallest absolute Gasteiger partial charge is 0.384 e. The predicted octanol–water partition coefficient (Wildman–Crippen LogP) is 2.14. The molecule has 0 amide bonds. The van der Waals surface area contributed by atoms with Crippen LogP contribution in [0.15, 0.2) is 30.7 Å². The summed E-state index contributed by atoms with van der Waals surface area (Å²) in [5.74, 6) is 0.286. The molecule has 0 aliphatic heterocycles. The fourth-order valence-electron chi connectivity index (χ4n) is 1.20. The van der Waals surface area contributed by atoms with Crippen LogP contribution in [0.3, 0.4) is 0 Å². The number of nitrogens with zero attached hydrogens (tertiary/aromatic N) is 3. The van der Waals surface area contributed by atoms with Crippen molar-refractivity contribution in [3.63, 3.8) is 0 Å². The van der Waals surface area contributed by atoms with Gasteiger partial charge in [0.05, 0.1) is 18.1 Å². The van der Waals surface area contributed by atoms with Crippen LogP contribution in [0.5, 0.6) is 0 Å². The number of alkyl halides is 3. The summed E-state index contributed by atoms with van der Waals surface area (Å²) in [5.41, 5.74) is 4.87. The zero-order valence-electron chi connectivity index (χ0n) is 8.44. The lowest BCUT2D eigenvalue weighted by atomic mass is 10.2. The van der Waals surface area contributed by atoms with E-state index in [1.165, 1.54) is 24.5 Å². The summed E-state index contributed by atoms with van der Waals surface area (Å²) in [4.78, 5) is 10.8. The molecular weight excluding hydrogens is 233 g/mol. The summed E-state index contributed by atoms with van der Waals surface area (Å²) in [5, 5.41) is 0. The molecule has 0 aromatic carbocycles. The molecule has 2 N–H and O–H groups in total. The van der Waals surface area contributed by atoms with Crippen LogP contribution >= 0.6 is 0 Å². The van der Waals surface area contributed by atoms with Gasteiger partial charge < -0.3 is 5.73 Å². The second-order valence-corrected chi connectivity index (χ2v) is 3.26. The number of hydrogen-bond acceptors (Lipinski definition) is 4. The number of anilines is 1. The van der Waals surface area contributed by atoms with Crippen molar-refractivity contribution in [1.82, 2.24) is 15.0 Å². The number of hydrogen-bond donors (Lipinski definition) is 1. The van der Waals surface area contributed by atoms with E-state index in [2.05, 4.69) is 15.0 Å². The lowest BCUT2D eigenvalue weighted by molar-refractivity contribution is -0.141. The molecule has 2 aromatic rings. The monoisotopic (exact) mass is 240 g/mol. The normalized spacial score (nSPS) is 11.5. The van der Waals surface area contributed by atoms with Gasteiger partial charge in [-0.25, -0.2) is 9.97 Å². The molecule has 88 valence electrons. The van der Waals surface area contributed by atoms with E-state index in [1.807, 2.05) is 0 Å². The maximum atomic E-state index is 12.4. The molecule has 0 bridgehead atoms. The highest BCUT2D eigenvalue weighted by Gasteiger charge is 2.33. The standard InChI is InChI=1S/C10H7F3N4/c11-10(12,13)8-5-15-4-7(17-8)6-1-2-9(14)16-3-6/h1-5H,(H2,14,16). The first-order valence-corrected chi connectivity index (χ1v) is 4.58. The van der Waals surface area contributed by atoms with E-state index in [4.69, 9.17) is 5.73 Å². The van der Waals surface area contributed by atoms with Crippen LogP contribution in [0, 0.1) is 0 Å². The van der Waals surface area contributed by atoms with Gasteiger partial charge in [0.15, 0.2) is 5.69 Å². The second kappa shape index (κ2) is 4.00. The molecule has 7 heteroatoms. The SMILES string of the molecule is Nc1ccc(-c2cncc(C(F)(F)F)n2)cn1. The van der Waals surface area contributed by atoms with E-state index in [0.717, 1.165) is 0 Å². The van der Waals surface area contributed by atoms with Crippen molar-refractivity contribution < 1.29 is 13.2 Å². The van der Waals surface area contributed by atoms with Gasteiger partial charge in [-0.1, -0.05) is 0 Å². The Bertz CT molecular complexity index is 522. The van der Waals surface area contributed by atoms with Crippen molar-refractivity contribution in [2.45, 2.75) is 6.18 Å². The molecule has 2 heterocycles. The maximum absolute atomic E-state index is 12.4. The Kier molecular flexibility index (Phi) is 2.66. The molecule has 0 fully saturated rings. The van der Waals surface area contributed by atoms with Crippen LogP contribution in [-0.2, 0) is 6.18 Å². The van der Waals surface area contributed by atoms with Crippen molar-refractivity contribution in [3.05, 3.63) is 36.4 Å². The molecule has 0 spiro atoms. The average Bonchev–Trinajstić information content (AvgIpc) is 2.29. The minimum absolute atomic E-state index is 0.104. The Labute approximate surface area is 94.3 Å². The summed E-state index contributed by atoms with van der Waals surface area (Å²) >= 11 is 0. The lowest BCUT2D eigenvalue weighted by Crippen LogP contribution is -2.09. The third-order valence-corrected chi connectivity index (χ3v) is 2.01. The predicted molar refractivity (Wildman–Crippen MR) is 54.7 cm³/mol. The number of pyridine rings is 1. The largest absolute Gasteiger partial charge is 0.434 e. The fourth-order valence-corrected chi connectivity index (χ4v) is 1.20. The van der Waals surface area contributed by atoms with Crippen molar-refractivity contribution in [3.8, 4) is 11.3 Å². The summed E-state index contributed by atoms with van der Waals surface area (Å²) in [6.45, 7) is 0. The third kappa shape index (κ3) is 2.49. The van der Waals surface area contributed by atoms with Gasteiger partial charge in [0.25, 0.3) is 0 Å². The van der Waals surface area contributed by atoms with E-state index in [0.29, 0.717) is 11.8 Å². The molecule has 0 aliphatic carbocycles. The van der Waals surface area contributed by atoms with Crippen molar-refractivity contribution in [1.29, 1.82) is 0 Å². The van der Waals surface area contributed by atoms with Gasteiger partial charge in [-0.2, -0.15) is 13.2 Å². The molecule has 0 saturated carbocycles. The van der Waals surface area contributed by atoms with Gasteiger partial charge in [-0.3, -0.25) is 4.98 Å². The summed E-state index contributed by atoms with van der Waals surface area (Å²) < 4.78 is 37.2. The maximum Gasteiger partial charge on any atom is 0.434 e.